The first-order valence-electron chi connectivity index (χ1n) is 5.27. The molecule has 2 aromatic rings. The molecule has 0 aliphatic heterocycles. The maximum absolute atomic E-state index is 12.0. The van der Waals surface area contributed by atoms with Gasteiger partial charge < -0.3 is 4.57 Å². The highest BCUT2D eigenvalue weighted by Gasteiger charge is 2.26. The van der Waals surface area contributed by atoms with Crippen molar-refractivity contribution in [2.45, 2.75) is 25.6 Å². The molecule has 92 valence electrons. The summed E-state index contributed by atoms with van der Waals surface area (Å²) in [6.45, 7) is 0.326. The van der Waals surface area contributed by atoms with Crippen LogP contribution in [0.15, 0.2) is 30.5 Å². The predicted octanol–water partition coefficient (Wildman–Crippen LogP) is 4.64. The van der Waals surface area contributed by atoms with Gasteiger partial charge in [-0.3, -0.25) is 0 Å². The SMILES string of the molecule is FC(F)(F)CCCn1ccc2cccc(Cl)c21. The second kappa shape index (κ2) is 4.61. The third-order valence-electron chi connectivity index (χ3n) is 2.60. The first-order chi connectivity index (χ1) is 7.97. The second-order valence-corrected chi connectivity index (χ2v) is 4.31. The zero-order valence-corrected chi connectivity index (χ0v) is 9.72. The van der Waals surface area contributed by atoms with Gasteiger partial charge in [-0.2, -0.15) is 13.2 Å². The number of nitrogens with zero attached hydrogens (tertiary/aromatic N) is 1. The molecule has 0 spiro atoms. The van der Waals surface area contributed by atoms with Crippen molar-refractivity contribution in [3.8, 4) is 0 Å². The molecule has 0 N–H and O–H groups in total. The molecule has 0 saturated carbocycles. The van der Waals surface area contributed by atoms with Gasteiger partial charge in [0.1, 0.15) is 0 Å². The third kappa shape index (κ3) is 2.94. The van der Waals surface area contributed by atoms with Crippen molar-refractivity contribution in [1.29, 1.82) is 0 Å². The standard InChI is InChI=1S/C12H11ClF3N/c13-10-4-1-3-9-5-8-17(11(9)10)7-2-6-12(14,15)16/h1,3-5,8H,2,6-7H2. The average molecular weight is 262 g/mol. The van der Waals surface area contributed by atoms with Gasteiger partial charge in [0.15, 0.2) is 0 Å². The number of fused-ring (bicyclic) bond motifs is 1. The summed E-state index contributed by atoms with van der Waals surface area (Å²) in [7, 11) is 0. The number of rotatable bonds is 3. The van der Waals surface area contributed by atoms with E-state index in [1.807, 2.05) is 18.2 Å². The Morgan fingerprint density at radius 1 is 1.18 bits per heavy atom. The van der Waals surface area contributed by atoms with Crippen molar-refractivity contribution in [3.05, 3.63) is 35.5 Å². The molecule has 1 aromatic heterocycles. The minimum Gasteiger partial charge on any atom is -0.346 e. The van der Waals surface area contributed by atoms with Gasteiger partial charge in [0.2, 0.25) is 0 Å². The van der Waals surface area contributed by atoms with Crippen LogP contribution in [0.1, 0.15) is 12.8 Å². The van der Waals surface area contributed by atoms with E-state index in [0.29, 0.717) is 11.6 Å². The van der Waals surface area contributed by atoms with Crippen LogP contribution in [0.25, 0.3) is 10.9 Å². The van der Waals surface area contributed by atoms with E-state index in [1.165, 1.54) is 0 Å². The van der Waals surface area contributed by atoms with Gasteiger partial charge >= 0.3 is 6.18 Å². The number of aryl methyl sites for hydroxylation is 1. The molecule has 0 aliphatic rings. The van der Waals surface area contributed by atoms with Crippen LogP contribution < -0.4 is 0 Å². The lowest BCUT2D eigenvalue weighted by Crippen LogP contribution is -2.08. The van der Waals surface area contributed by atoms with E-state index in [0.717, 1.165) is 10.9 Å². The summed E-state index contributed by atoms with van der Waals surface area (Å²) in [5.41, 5.74) is 0.802. The van der Waals surface area contributed by atoms with Crippen LogP contribution in [-0.2, 0) is 6.54 Å². The van der Waals surface area contributed by atoms with E-state index in [2.05, 4.69) is 0 Å². The molecule has 1 aromatic carbocycles. The van der Waals surface area contributed by atoms with Crippen molar-refractivity contribution in [2.75, 3.05) is 0 Å². The zero-order valence-electron chi connectivity index (χ0n) is 8.97. The summed E-state index contributed by atoms with van der Waals surface area (Å²) in [6, 6.07) is 7.31. The smallest absolute Gasteiger partial charge is 0.346 e. The second-order valence-electron chi connectivity index (χ2n) is 3.91. The number of benzene rings is 1. The van der Waals surface area contributed by atoms with Gasteiger partial charge in [0, 0.05) is 24.5 Å². The van der Waals surface area contributed by atoms with Gasteiger partial charge in [-0.05, 0) is 18.6 Å². The summed E-state index contributed by atoms with van der Waals surface area (Å²) >= 11 is 6.03. The van der Waals surface area contributed by atoms with Crippen LogP contribution in [0.5, 0.6) is 0 Å². The van der Waals surface area contributed by atoms with Crippen LogP contribution in [-0.4, -0.2) is 10.7 Å². The van der Waals surface area contributed by atoms with Crippen molar-refractivity contribution in [3.63, 3.8) is 0 Å². The maximum atomic E-state index is 12.0. The Morgan fingerprint density at radius 2 is 1.94 bits per heavy atom. The van der Waals surface area contributed by atoms with Crippen LogP contribution >= 0.6 is 11.6 Å². The number of hydrogen-bond donors (Lipinski definition) is 0. The minimum atomic E-state index is -4.09. The maximum Gasteiger partial charge on any atom is 0.389 e. The molecule has 0 amide bonds. The lowest BCUT2D eigenvalue weighted by molar-refractivity contribution is -0.135. The number of para-hydroxylation sites is 1. The highest BCUT2D eigenvalue weighted by atomic mass is 35.5. The summed E-state index contributed by atoms with van der Waals surface area (Å²) in [5.74, 6) is 0. The molecule has 1 nitrogen and oxygen atoms in total. The molecule has 0 fully saturated rings. The summed E-state index contributed by atoms with van der Waals surface area (Å²) in [5, 5.41) is 1.52. The molecular weight excluding hydrogens is 251 g/mol. The topological polar surface area (TPSA) is 4.93 Å². The van der Waals surface area contributed by atoms with Crippen molar-refractivity contribution < 1.29 is 13.2 Å². The van der Waals surface area contributed by atoms with Crippen molar-refractivity contribution in [1.82, 2.24) is 4.57 Å². The molecule has 0 unspecified atom stereocenters. The monoisotopic (exact) mass is 261 g/mol. The fourth-order valence-corrected chi connectivity index (χ4v) is 2.14. The fraction of sp³-hybridized carbons (Fsp3) is 0.333. The summed E-state index contributed by atoms with van der Waals surface area (Å²) in [4.78, 5) is 0. The molecule has 0 radical (unpaired) electrons. The molecule has 1 heterocycles. The van der Waals surface area contributed by atoms with Crippen LogP contribution in [0.3, 0.4) is 0 Å². The summed E-state index contributed by atoms with van der Waals surface area (Å²) < 4.78 is 37.9. The van der Waals surface area contributed by atoms with Gasteiger partial charge in [0.25, 0.3) is 0 Å². The van der Waals surface area contributed by atoms with Crippen molar-refractivity contribution in [2.24, 2.45) is 0 Å². The highest BCUT2D eigenvalue weighted by molar-refractivity contribution is 6.35. The first-order valence-corrected chi connectivity index (χ1v) is 5.65. The van der Waals surface area contributed by atoms with E-state index in [1.54, 1.807) is 16.8 Å². The number of alkyl halides is 3. The Bertz CT molecular complexity index is 516. The zero-order chi connectivity index (χ0) is 12.5. The van der Waals surface area contributed by atoms with Crippen LogP contribution in [0, 0.1) is 0 Å². The van der Waals surface area contributed by atoms with Gasteiger partial charge in [-0.15, -0.1) is 0 Å². The molecule has 0 aliphatic carbocycles. The van der Waals surface area contributed by atoms with E-state index in [-0.39, 0.29) is 6.42 Å². The fourth-order valence-electron chi connectivity index (χ4n) is 1.85. The Morgan fingerprint density at radius 3 is 2.65 bits per heavy atom. The molecule has 0 atom stereocenters. The predicted molar refractivity (Wildman–Crippen MR) is 62.2 cm³/mol. The molecule has 0 bridgehead atoms. The van der Waals surface area contributed by atoms with E-state index >= 15 is 0 Å². The lowest BCUT2D eigenvalue weighted by Gasteiger charge is -2.08. The van der Waals surface area contributed by atoms with Gasteiger partial charge in [0.05, 0.1) is 10.5 Å². The Balaban J connectivity index is 2.14. The van der Waals surface area contributed by atoms with Crippen LogP contribution in [0.4, 0.5) is 13.2 Å². The number of aromatic nitrogens is 1. The lowest BCUT2D eigenvalue weighted by atomic mass is 10.2. The van der Waals surface area contributed by atoms with Crippen LogP contribution in [0.2, 0.25) is 5.02 Å². The quantitative estimate of drug-likeness (QED) is 0.759. The van der Waals surface area contributed by atoms with Gasteiger partial charge in [-0.25, -0.2) is 0 Å². The molecule has 0 saturated heterocycles. The third-order valence-corrected chi connectivity index (χ3v) is 2.90. The first kappa shape index (κ1) is 12.3. The molecular formula is C12H11ClF3N. The molecule has 2 rings (SSSR count). The minimum absolute atomic E-state index is 0.0680. The summed E-state index contributed by atoms with van der Waals surface area (Å²) in [6.07, 6.45) is -3.02. The molecule has 5 heteroatoms. The number of hydrogen-bond acceptors (Lipinski definition) is 0. The van der Waals surface area contributed by atoms with Gasteiger partial charge in [-0.1, -0.05) is 23.7 Å². The number of halogens is 4. The molecule has 17 heavy (non-hydrogen) atoms. The Hall–Kier alpha value is -1.16. The Kier molecular flexibility index (Phi) is 3.33. The van der Waals surface area contributed by atoms with E-state index < -0.39 is 12.6 Å². The largest absolute Gasteiger partial charge is 0.389 e. The Labute approximate surface area is 102 Å². The van der Waals surface area contributed by atoms with E-state index in [9.17, 15) is 13.2 Å². The van der Waals surface area contributed by atoms with E-state index in [4.69, 9.17) is 11.6 Å². The average Bonchev–Trinajstić information content (AvgIpc) is 2.61. The van der Waals surface area contributed by atoms with Crippen molar-refractivity contribution >= 4 is 22.5 Å². The normalized spacial score (nSPS) is 12.2. The highest BCUT2D eigenvalue weighted by Crippen LogP contribution is 2.26.